The fraction of sp³-hybridized carbons (Fsp3) is 0.550. The molecule has 156 valence electrons. The second kappa shape index (κ2) is 9.13. The van der Waals surface area contributed by atoms with E-state index < -0.39 is 0 Å². The number of rotatable bonds is 9. The van der Waals surface area contributed by atoms with E-state index in [1.54, 1.807) is 24.9 Å². The molecule has 0 saturated heterocycles. The lowest BCUT2D eigenvalue weighted by molar-refractivity contribution is 0.182. The van der Waals surface area contributed by atoms with Crippen LogP contribution >= 0.6 is 0 Å². The van der Waals surface area contributed by atoms with Crippen molar-refractivity contribution in [2.75, 3.05) is 23.7 Å². The molecule has 9 nitrogen and oxygen atoms in total. The predicted octanol–water partition coefficient (Wildman–Crippen LogP) is 3.47. The Balaban J connectivity index is 1.87. The second-order valence-electron chi connectivity index (χ2n) is 7.86. The lowest BCUT2D eigenvalue weighted by Gasteiger charge is -2.30. The van der Waals surface area contributed by atoms with Crippen LogP contribution in [0, 0.1) is 0 Å². The summed E-state index contributed by atoms with van der Waals surface area (Å²) in [6.45, 7) is 14.8. The first-order valence-electron chi connectivity index (χ1n) is 10.1. The van der Waals surface area contributed by atoms with Crippen LogP contribution in [0.25, 0.3) is 11.2 Å². The van der Waals surface area contributed by atoms with E-state index in [-0.39, 0.29) is 6.04 Å². The van der Waals surface area contributed by atoms with E-state index in [9.17, 15) is 0 Å². The van der Waals surface area contributed by atoms with Gasteiger partial charge in [-0.15, -0.1) is 0 Å². The van der Waals surface area contributed by atoms with E-state index in [0.29, 0.717) is 23.8 Å². The third-order valence-corrected chi connectivity index (χ3v) is 4.79. The lowest BCUT2D eigenvalue weighted by atomic mass is 10.2. The minimum absolute atomic E-state index is 0.166. The number of fused-ring (bicyclic) bond motifs is 1. The molecule has 29 heavy (non-hydrogen) atoms. The average molecular weight is 398 g/mol. The first-order chi connectivity index (χ1) is 13.9. The normalized spacial score (nSPS) is 11.9. The van der Waals surface area contributed by atoms with Gasteiger partial charge >= 0.3 is 0 Å². The molecule has 3 heterocycles. The fourth-order valence-electron chi connectivity index (χ4n) is 3.51. The Morgan fingerprint density at radius 1 is 1.00 bits per heavy atom. The van der Waals surface area contributed by atoms with Crippen molar-refractivity contribution < 1.29 is 0 Å². The van der Waals surface area contributed by atoms with E-state index in [4.69, 9.17) is 4.98 Å². The molecule has 0 aliphatic rings. The summed E-state index contributed by atoms with van der Waals surface area (Å²) in [6, 6.07) is 1.15. The molecule has 3 aromatic heterocycles. The molecule has 3 rings (SSSR count). The second-order valence-corrected chi connectivity index (χ2v) is 7.86. The van der Waals surface area contributed by atoms with Crippen LogP contribution in [-0.4, -0.2) is 59.6 Å². The van der Waals surface area contributed by atoms with Crippen molar-refractivity contribution in [3.63, 3.8) is 0 Å². The minimum Gasteiger partial charge on any atom is -0.367 e. The zero-order chi connectivity index (χ0) is 21.0. The van der Waals surface area contributed by atoms with Crippen LogP contribution in [0.15, 0.2) is 24.9 Å². The first-order valence-corrected chi connectivity index (χ1v) is 10.1. The molecule has 0 aliphatic carbocycles. The molecule has 0 fully saturated rings. The Kier molecular flexibility index (Phi) is 6.58. The van der Waals surface area contributed by atoms with Gasteiger partial charge in [0.05, 0.1) is 6.20 Å². The largest absolute Gasteiger partial charge is 0.367 e. The van der Waals surface area contributed by atoms with Gasteiger partial charge in [0.1, 0.15) is 6.33 Å². The minimum atomic E-state index is 0.166. The quantitative estimate of drug-likeness (QED) is 0.566. The zero-order valence-electron chi connectivity index (χ0n) is 18.1. The van der Waals surface area contributed by atoms with Crippen molar-refractivity contribution in [1.29, 1.82) is 0 Å². The van der Waals surface area contributed by atoms with Gasteiger partial charge in [-0.2, -0.15) is 0 Å². The SMILES string of the molecule is CC(C)N(CCNc1ncnc2c1nc(Nc1cnccn1)n2C(C)C)C(C)C. The van der Waals surface area contributed by atoms with Crippen LogP contribution in [0.1, 0.15) is 47.6 Å². The van der Waals surface area contributed by atoms with E-state index in [1.807, 2.05) is 4.57 Å². The summed E-state index contributed by atoms with van der Waals surface area (Å²) in [4.78, 5) is 24.5. The maximum Gasteiger partial charge on any atom is 0.211 e. The van der Waals surface area contributed by atoms with Crippen LogP contribution in [0.2, 0.25) is 0 Å². The third-order valence-electron chi connectivity index (χ3n) is 4.79. The molecule has 0 aromatic carbocycles. The van der Waals surface area contributed by atoms with Crippen LogP contribution in [-0.2, 0) is 0 Å². The molecule has 2 N–H and O–H groups in total. The highest BCUT2D eigenvalue weighted by atomic mass is 15.3. The Bertz CT molecular complexity index is 910. The molecular formula is C20H31N9. The first kappa shape index (κ1) is 20.9. The number of nitrogens with one attached hydrogen (secondary N) is 2. The third kappa shape index (κ3) is 4.79. The van der Waals surface area contributed by atoms with Gasteiger partial charge in [-0.3, -0.25) is 14.5 Å². The molecule has 3 aromatic rings. The number of anilines is 3. The standard InChI is InChI=1S/C20H31N9/c1-13(2)28(14(3)4)10-9-23-18-17-19(25-12-24-18)29(15(5)6)20(27-17)26-16-11-21-7-8-22-16/h7-8,11-15H,9-10H2,1-6H3,(H,22,26,27)(H,23,24,25). The van der Waals surface area contributed by atoms with E-state index in [2.05, 4.69) is 77.0 Å². The maximum atomic E-state index is 4.78. The van der Waals surface area contributed by atoms with Gasteiger partial charge in [0.15, 0.2) is 22.8 Å². The van der Waals surface area contributed by atoms with Gasteiger partial charge in [-0.05, 0) is 41.5 Å². The fourth-order valence-corrected chi connectivity index (χ4v) is 3.51. The van der Waals surface area contributed by atoms with E-state index >= 15 is 0 Å². The van der Waals surface area contributed by atoms with Gasteiger partial charge in [0, 0.05) is 43.6 Å². The van der Waals surface area contributed by atoms with Crippen LogP contribution in [0.5, 0.6) is 0 Å². The van der Waals surface area contributed by atoms with Gasteiger partial charge in [0.25, 0.3) is 0 Å². The number of hydrogen-bond acceptors (Lipinski definition) is 8. The van der Waals surface area contributed by atoms with Crippen LogP contribution in [0.3, 0.4) is 0 Å². The number of aromatic nitrogens is 6. The molecule has 9 heteroatoms. The molecule has 0 amide bonds. The smallest absolute Gasteiger partial charge is 0.211 e. The summed E-state index contributed by atoms with van der Waals surface area (Å²) in [5.41, 5.74) is 1.53. The predicted molar refractivity (Wildman–Crippen MR) is 116 cm³/mol. The molecule has 0 atom stereocenters. The highest BCUT2D eigenvalue weighted by molar-refractivity contribution is 5.85. The van der Waals surface area contributed by atoms with Crippen molar-refractivity contribution in [3.8, 4) is 0 Å². The summed E-state index contributed by atoms with van der Waals surface area (Å²) < 4.78 is 2.05. The van der Waals surface area contributed by atoms with Crippen molar-refractivity contribution in [2.45, 2.75) is 59.7 Å². The molecule has 0 radical (unpaired) electrons. The number of imidazole rings is 1. The number of nitrogens with zero attached hydrogens (tertiary/aromatic N) is 7. The van der Waals surface area contributed by atoms with Gasteiger partial charge in [-0.1, -0.05) is 0 Å². The van der Waals surface area contributed by atoms with Crippen molar-refractivity contribution in [1.82, 2.24) is 34.4 Å². The summed E-state index contributed by atoms with van der Waals surface area (Å²) in [7, 11) is 0. The Labute approximate surface area is 172 Å². The van der Waals surface area contributed by atoms with Crippen molar-refractivity contribution in [3.05, 3.63) is 24.9 Å². The van der Waals surface area contributed by atoms with Crippen LogP contribution < -0.4 is 10.6 Å². The summed E-state index contributed by atoms with van der Waals surface area (Å²) >= 11 is 0. The maximum absolute atomic E-state index is 4.78. The summed E-state index contributed by atoms with van der Waals surface area (Å²) in [5.74, 6) is 2.05. The van der Waals surface area contributed by atoms with E-state index in [0.717, 1.165) is 30.1 Å². The lowest BCUT2D eigenvalue weighted by Crippen LogP contribution is -2.40. The number of hydrogen-bond donors (Lipinski definition) is 2. The van der Waals surface area contributed by atoms with Crippen molar-refractivity contribution in [2.24, 2.45) is 0 Å². The Hall–Kier alpha value is -2.81. The zero-order valence-corrected chi connectivity index (χ0v) is 18.1. The van der Waals surface area contributed by atoms with Gasteiger partial charge in [-0.25, -0.2) is 19.9 Å². The van der Waals surface area contributed by atoms with Gasteiger partial charge < -0.3 is 10.6 Å². The highest BCUT2D eigenvalue weighted by Gasteiger charge is 2.19. The highest BCUT2D eigenvalue weighted by Crippen LogP contribution is 2.27. The summed E-state index contributed by atoms with van der Waals surface area (Å²) in [5, 5.41) is 6.70. The van der Waals surface area contributed by atoms with Gasteiger partial charge in [0.2, 0.25) is 5.95 Å². The average Bonchev–Trinajstić information content (AvgIpc) is 3.04. The van der Waals surface area contributed by atoms with E-state index in [1.165, 1.54) is 0 Å². The molecule has 0 bridgehead atoms. The Morgan fingerprint density at radius 2 is 1.76 bits per heavy atom. The topological polar surface area (TPSA) is 96.7 Å². The monoisotopic (exact) mass is 397 g/mol. The van der Waals surface area contributed by atoms with Crippen molar-refractivity contribution >= 4 is 28.7 Å². The molecule has 0 spiro atoms. The van der Waals surface area contributed by atoms with Crippen LogP contribution in [0.4, 0.5) is 17.6 Å². The molecule has 0 unspecified atom stereocenters. The molecule has 0 aliphatic heterocycles. The molecule has 0 saturated carbocycles. The Morgan fingerprint density at radius 3 is 2.38 bits per heavy atom. The summed E-state index contributed by atoms with van der Waals surface area (Å²) in [6.07, 6.45) is 6.54. The molecular weight excluding hydrogens is 366 g/mol.